The van der Waals surface area contributed by atoms with Gasteiger partial charge in [-0.05, 0) is 24.4 Å². The fourth-order valence-electron chi connectivity index (χ4n) is 2.61. The summed E-state index contributed by atoms with van der Waals surface area (Å²) in [5.74, 6) is -0.489. The maximum absolute atomic E-state index is 12.5. The highest BCUT2D eigenvalue weighted by Crippen LogP contribution is 2.27. The molecular formula is C18H14N2O3. The van der Waals surface area contributed by atoms with Crippen molar-refractivity contribution < 1.29 is 9.72 Å². The predicted molar refractivity (Wildman–Crippen MR) is 89.7 cm³/mol. The lowest BCUT2D eigenvalue weighted by Gasteiger charge is -2.09. The van der Waals surface area contributed by atoms with Gasteiger partial charge in [-0.3, -0.25) is 14.9 Å². The summed E-state index contributed by atoms with van der Waals surface area (Å²) in [5, 5.41) is 15.9. The number of hydrogen-bond acceptors (Lipinski definition) is 3. The molecule has 0 aliphatic carbocycles. The molecule has 3 aromatic rings. The lowest BCUT2D eigenvalue weighted by atomic mass is 10.1. The molecule has 0 heterocycles. The van der Waals surface area contributed by atoms with E-state index in [-0.39, 0.29) is 11.3 Å². The van der Waals surface area contributed by atoms with Gasteiger partial charge in [0.15, 0.2) is 0 Å². The highest BCUT2D eigenvalue weighted by Gasteiger charge is 2.22. The van der Waals surface area contributed by atoms with Crippen molar-refractivity contribution in [1.82, 2.24) is 0 Å². The molecule has 0 bridgehead atoms. The number of hydrogen-bond donors (Lipinski definition) is 1. The van der Waals surface area contributed by atoms with E-state index < -0.39 is 10.8 Å². The number of amides is 1. The van der Waals surface area contributed by atoms with Gasteiger partial charge in [0, 0.05) is 16.6 Å². The molecule has 0 saturated heterocycles. The molecule has 0 spiro atoms. The van der Waals surface area contributed by atoms with Crippen LogP contribution in [-0.2, 0) is 0 Å². The molecule has 0 fully saturated rings. The molecule has 0 saturated carbocycles. The van der Waals surface area contributed by atoms with E-state index in [1.165, 1.54) is 6.07 Å². The standard InChI is InChI=1S/C18H14N2O3/c1-12-6-4-10-15(17(12)20(22)23)18(21)19-16-11-5-8-13-7-2-3-9-14(13)16/h2-11H,1H3,(H,19,21). The smallest absolute Gasteiger partial charge is 0.285 e. The fraction of sp³-hybridized carbons (Fsp3) is 0.0556. The molecule has 3 rings (SSSR count). The van der Waals surface area contributed by atoms with Gasteiger partial charge in [0.2, 0.25) is 0 Å². The van der Waals surface area contributed by atoms with E-state index in [0.717, 1.165) is 10.8 Å². The van der Waals surface area contributed by atoms with Gasteiger partial charge in [0.05, 0.1) is 4.92 Å². The van der Waals surface area contributed by atoms with Crippen molar-refractivity contribution in [2.75, 3.05) is 5.32 Å². The summed E-state index contributed by atoms with van der Waals surface area (Å²) in [6.07, 6.45) is 0. The molecule has 0 radical (unpaired) electrons. The largest absolute Gasteiger partial charge is 0.321 e. The van der Waals surface area contributed by atoms with Crippen LogP contribution in [-0.4, -0.2) is 10.8 Å². The van der Waals surface area contributed by atoms with Crippen molar-refractivity contribution >= 4 is 28.1 Å². The summed E-state index contributed by atoms with van der Waals surface area (Å²) < 4.78 is 0. The van der Waals surface area contributed by atoms with Gasteiger partial charge in [-0.1, -0.05) is 48.5 Å². The van der Waals surface area contributed by atoms with E-state index in [2.05, 4.69) is 5.32 Å². The topological polar surface area (TPSA) is 72.2 Å². The van der Waals surface area contributed by atoms with E-state index >= 15 is 0 Å². The van der Waals surface area contributed by atoms with Gasteiger partial charge in [0.1, 0.15) is 5.56 Å². The van der Waals surface area contributed by atoms with Crippen LogP contribution < -0.4 is 5.32 Å². The van der Waals surface area contributed by atoms with Crippen molar-refractivity contribution in [2.45, 2.75) is 6.92 Å². The second kappa shape index (κ2) is 5.88. The zero-order chi connectivity index (χ0) is 16.4. The molecule has 1 amide bonds. The Morgan fingerprint density at radius 3 is 2.48 bits per heavy atom. The number of fused-ring (bicyclic) bond motifs is 1. The Bertz CT molecular complexity index is 914. The summed E-state index contributed by atoms with van der Waals surface area (Å²) in [5.41, 5.74) is 0.984. The van der Waals surface area contributed by atoms with Gasteiger partial charge < -0.3 is 5.32 Å². The van der Waals surface area contributed by atoms with E-state index in [1.54, 1.807) is 25.1 Å². The first-order valence-corrected chi connectivity index (χ1v) is 7.11. The number of benzene rings is 3. The number of nitro benzene ring substituents is 1. The fourth-order valence-corrected chi connectivity index (χ4v) is 2.61. The minimum absolute atomic E-state index is 0.0583. The Kier molecular flexibility index (Phi) is 3.76. The Morgan fingerprint density at radius 2 is 1.70 bits per heavy atom. The molecule has 1 N–H and O–H groups in total. The molecule has 3 aromatic carbocycles. The minimum atomic E-state index is -0.520. The number of anilines is 1. The Balaban J connectivity index is 2.02. The van der Waals surface area contributed by atoms with Crippen LogP contribution in [0.3, 0.4) is 0 Å². The first-order chi connectivity index (χ1) is 11.1. The highest BCUT2D eigenvalue weighted by atomic mass is 16.6. The van der Waals surface area contributed by atoms with Crippen molar-refractivity contribution in [2.24, 2.45) is 0 Å². The SMILES string of the molecule is Cc1cccc(C(=O)Nc2cccc3ccccc23)c1[N+](=O)[O-]. The number of rotatable bonds is 3. The Labute approximate surface area is 132 Å². The van der Waals surface area contributed by atoms with Crippen molar-refractivity contribution in [3.05, 3.63) is 81.9 Å². The lowest BCUT2D eigenvalue weighted by molar-refractivity contribution is -0.385. The number of aryl methyl sites for hydroxylation is 1. The highest BCUT2D eigenvalue weighted by molar-refractivity contribution is 6.11. The van der Waals surface area contributed by atoms with Crippen LogP contribution in [0.25, 0.3) is 10.8 Å². The van der Waals surface area contributed by atoms with E-state index in [0.29, 0.717) is 11.3 Å². The molecular weight excluding hydrogens is 292 g/mol. The number of carbonyl (C=O) groups is 1. The Morgan fingerprint density at radius 1 is 1.00 bits per heavy atom. The molecule has 23 heavy (non-hydrogen) atoms. The summed E-state index contributed by atoms with van der Waals surface area (Å²) in [6.45, 7) is 1.62. The summed E-state index contributed by atoms with van der Waals surface area (Å²) in [7, 11) is 0. The zero-order valence-electron chi connectivity index (χ0n) is 12.4. The van der Waals surface area contributed by atoms with Gasteiger partial charge in [-0.25, -0.2) is 0 Å². The van der Waals surface area contributed by atoms with Crippen LogP contribution in [0.4, 0.5) is 11.4 Å². The second-order valence-corrected chi connectivity index (χ2v) is 5.21. The summed E-state index contributed by atoms with van der Waals surface area (Å²) >= 11 is 0. The van der Waals surface area contributed by atoms with Gasteiger partial charge in [-0.2, -0.15) is 0 Å². The van der Waals surface area contributed by atoms with Crippen molar-refractivity contribution in [3.8, 4) is 0 Å². The first-order valence-electron chi connectivity index (χ1n) is 7.11. The van der Waals surface area contributed by atoms with E-state index in [1.807, 2.05) is 36.4 Å². The number of carbonyl (C=O) groups excluding carboxylic acids is 1. The van der Waals surface area contributed by atoms with Gasteiger partial charge in [0.25, 0.3) is 11.6 Å². The Hall–Kier alpha value is -3.21. The van der Waals surface area contributed by atoms with Crippen molar-refractivity contribution in [3.63, 3.8) is 0 Å². The number of nitro groups is 1. The monoisotopic (exact) mass is 306 g/mol. The molecule has 0 aromatic heterocycles. The third-order valence-corrected chi connectivity index (χ3v) is 3.70. The molecule has 0 aliphatic heterocycles. The number of nitrogens with one attached hydrogen (secondary N) is 1. The molecule has 0 unspecified atom stereocenters. The molecule has 0 aliphatic rings. The lowest BCUT2D eigenvalue weighted by Crippen LogP contribution is -2.14. The van der Waals surface area contributed by atoms with Gasteiger partial charge in [-0.15, -0.1) is 0 Å². The van der Waals surface area contributed by atoms with E-state index in [9.17, 15) is 14.9 Å². The molecule has 114 valence electrons. The van der Waals surface area contributed by atoms with E-state index in [4.69, 9.17) is 0 Å². The van der Waals surface area contributed by atoms with Crippen LogP contribution >= 0.6 is 0 Å². The zero-order valence-corrected chi connectivity index (χ0v) is 12.4. The predicted octanol–water partition coefficient (Wildman–Crippen LogP) is 4.31. The van der Waals surface area contributed by atoms with Crippen LogP contribution in [0, 0.1) is 17.0 Å². The van der Waals surface area contributed by atoms with Crippen LogP contribution in [0.2, 0.25) is 0 Å². The maximum Gasteiger partial charge on any atom is 0.285 e. The molecule has 5 heteroatoms. The minimum Gasteiger partial charge on any atom is -0.321 e. The van der Waals surface area contributed by atoms with Crippen LogP contribution in [0.1, 0.15) is 15.9 Å². The quantitative estimate of drug-likeness (QED) is 0.579. The molecule has 0 atom stereocenters. The maximum atomic E-state index is 12.5. The average Bonchev–Trinajstić information content (AvgIpc) is 2.54. The van der Waals surface area contributed by atoms with Crippen LogP contribution in [0.5, 0.6) is 0 Å². The number of nitrogens with zero attached hydrogens (tertiary/aromatic N) is 1. The number of para-hydroxylation sites is 1. The van der Waals surface area contributed by atoms with Crippen molar-refractivity contribution in [1.29, 1.82) is 0 Å². The summed E-state index contributed by atoms with van der Waals surface area (Å²) in [6, 6.07) is 17.9. The third-order valence-electron chi connectivity index (χ3n) is 3.70. The van der Waals surface area contributed by atoms with Crippen LogP contribution in [0.15, 0.2) is 60.7 Å². The first kappa shape index (κ1) is 14.7. The second-order valence-electron chi connectivity index (χ2n) is 5.21. The van der Waals surface area contributed by atoms with Gasteiger partial charge >= 0.3 is 0 Å². The molecule has 5 nitrogen and oxygen atoms in total. The average molecular weight is 306 g/mol. The third kappa shape index (κ3) is 2.76. The summed E-state index contributed by atoms with van der Waals surface area (Å²) in [4.78, 5) is 23.2. The normalized spacial score (nSPS) is 10.5.